The summed E-state index contributed by atoms with van der Waals surface area (Å²) in [6.07, 6.45) is -0.662. The number of carbonyl (C=O) groups excluding carboxylic acids is 1. The molecule has 0 aliphatic heterocycles. The number of nitrogens with zero attached hydrogens (tertiary/aromatic N) is 1. The van der Waals surface area contributed by atoms with Gasteiger partial charge in [-0.25, -0.2) is 9.59 Å². The Hall–Kier alpha value is -3.02. The summed E-state index contributed by atoms with van der Waals surface area (Å²) in [7, 11) is 1.46. The SMILES string of the molecule is Cc1cc(OCc2ccccc2)cc(C)c1[C@H](C)C(C(=O)O)N(C)C(=O)OC(C)(C)C. The fourth-order valence-electron chi connectivity index (χ4n) is 3.80. The summed E-state index contributed by atoms with van der Waals surface area (Å²) in [5.41, 5.74) is 3.08. The molecule has 6 nitrogen and oxygen atoms in total. The molecule has 31 heavy (non-hydrogen) atoms. The van der Waals surface area contributed by atoms with E-state index in [1.807, 2.05) is 63.2 Å². The van der Waals surface area contributed by atoms with Crippen LogP contribution in [0.15, 0.2) is 42.5 Å². The average molecular weight is 428 g/mol. The van der Waals surface area contributed by atoms with Crippen LogP contribution < -0.4 is 4.74 Å². The Bertz CT molecular complexity index is 894. The van der Waals surface area contributed by atoms with E-state index in [1.54, 1.807) is 20.8 Å². The van der Waals surface area contributed by atoms with Gasteiger partial charge in [-0.3, -0.25) is 4.90 Å². The minimum absolute atomic E-state index is 0.446. The second-order valence-electron chi connectivity index (χ2n) is 8.91. The van der Waals surface area contributed by atoms with Crippen molar-refractivity contribution in [3.8, 4) is 5.75 Å². The van der Waals surface area contributed by atoms with Crippen LogP contribution in [-0.2, 0) is 16.1 Å². The first-order valence-corrected chi connectivity index (χ1v) is 10.4. The highest BCUT2D eigenvalue weighted by Gasteiger charge is 2.36. The van der Waals surface area contributed by atoms with Gasteiger partial charge < -0.3 is 14.6 Å². The molecule has 168 valence electrons. The van der Waals surface area contributed by atoms with Crippen LogP contribution in [0.4, 0.5) is 4.79 Å². The summed E-state index contributed by atoms with van der Waals surface area (Å²) < 4.78 is 11.3. The summed E-state index contributed by atoms with van der Waals surface area (Å²) >= 11 is 0. The number of aryl methyl sites for hydroxylation is 2. The van der Waals surface area contributed by atoms with E-state index in [0.717, 1.165) is 32.9 Å². The molecule has 0 radical (unpaired) electrons. The molecule has 2 atom stereocenters. The van der Waals surface area contributed by atoms with Crippen molar-refractivity contribution < 1.29 is 24.2 Å². The van der Waals surface area contributed by atoms with Crippen LogP contribution in [0.2, 0.25) is 0 Å². The highest BCUT2D eigenvalue weighted by molar-refractivity contribution is 5.81. The molecule has 1 N–H and O–H groups in total. The number of carbonyl (C=O) groups is 2. The Labute approximate surface area is 184 Å². The van der Waals surface area contributed by atoms with Gasteiger partial charge in [-0.1, -0.05) is 37.3 Å². The van der Waals surface area contributed by atoms with Crippen molar-refractivity contribution in [2.75, 3.05) is 7.05 Å². The van der Waals surface area contributed by atoms with Crippen LogP contribution in [0.25, 0.3) is 0 Å². The van der Waals surface area contributed by atoms with Crippen LogP contribution in [0.3, 0.4) is 0 Å². The number of aliphatic carboxylic acids is 1. The maximum atomic E-state index is 12.5. The quantitative estimate of drug-likeness (QED) is 0.648. The molecule has 6 heteroatoms. The van der Waals surface area contributed by atoms with E-state index < -0.39 is 29.6 Å². The van der Waals surface area contributed by atoms with Crippen LogP contribution in [-0.4, -0.2) is 40.8 Å². The summed E-state index contributed by atoms with van der Waals surface area (Å²) in [5, 5.41) is 9.90. The molecule has 0 saturated heterocycles. The lowest BCUT2D eigenvalue weighted by Gasteiger charge is -2.33. The smallest absolute Gasteiger partial charge is 0.410 e. The van der Waals surface area contributed by atoms with Gasteiger partial charge in [0.25, 0.3) is 0 Å². The van der Waals surface area contributed by atoms with Crippen LogP contribution in [0, 0.1) is 13.8 Å². The van der Waals surface area contributed by atoms with Crippen molar-refractivity contribution in [1.82, 2.24) is 4.90 Å². The third-order valence-corrected chi connectivity index (χ3v) is 5.10. The first kappa shape index (κ1) is 24.3. The Morgan fingerprint density at radius 2 is 1.61 bits per heavy atom. The number of hydrogen-bond donors (Lipinski definition) is 1. The van der Waals surface area contributed by atoms with Gasteiger partial charge in [0.15, 0.2) is 0 Å². The predicted molar refractivity (Wildman–Crippen MR) is 121 cm³/mol. The van der Waals surface area contributed by atoms with E-state index in [-0.39, 0.29) is 0 Å². The van der Waals surface area contributed by atoms with Gasteiger partial charge in [0, 0.05) is 13.0 Å². The Morgan fingerprint density at radius 1 is 1.06 bits per heavy atom. The lowest BCUT2D eigenvalue weighted by molar-refractivity contribution is -0.143. The zero-order chi connectivity index (χ0) is 23.3. The topological polar surface area (TPSA) is 76.1 Å². The highest BCUT2D eigenvalue weighted by atomic mass is 16.6. The molecule has 0 bridgehead atoms. The lowest BCUT2D eigenvalue weighted by Crippen LogP contribution is -2.47. The summed E-state index contributed by atoms with van der Waals surface area (Å²) in [5.74, 6) is -0.801. The number of hydrogen-bond acceptors (Lipinski definition) is 4. The number of benzene rings is 2. The zero-order valence-electron chi connectivity index (χ0n) is 19.4. The first-order valence-electron chi connectivity index (χ1n) is 10.4. The van der Waals surface area contributed by atoms with Gasteiger partial charge in [0.2, 0.25) is 0 Å². The molecule has 2 rings (SSSR count). The fourth-order valence-corrected chi connectivity index (χ4v) is 3.80. The fraction of sp³-hybridized carbons (Fsp3) is 0.440. The molecule has 0 fully saturated rings. The second-order valence-corrected chi connectivity index (χ2v) is 8.91. The van der Waals surface area contributed by atoms with Crippen LogP contribution >= 0.6 is 0 Å². The summed E-state index contributed by atoms with van der Waals surface area (Å²) in [6, 6.07) is 12.6. The molecular weight excluding hydrogens is 394 g/mol. The largest absolute Gasteiger partial charge is 0.489 e. The number of rotatable bonds is 7. The van der Waals surface area contributed by atoms with Crippen LogP contribution in [0.1, 0.15) is 55.9 Å². The van der Waals surface area contributed by atoms with E-state index in [9.17, 15) is 14.7 Å². The molecule has 0 heterocycles. The van der Waals surface area contributed by atoms with Gasteiger partial charge in [0.1, 0.15) is 24.0 Å². The molecule has 2 aromatic carbocycles. The van der Waals surface area contributed by atoms with E-state index in [1.165, 1.54) is 7.05 Å². The molecule has 0 spiro atoms. The summed E-state index contributed by atoms with van der Waals surface area (Å²) in [6.45, 7) is 11.4. The number of carboxylic acid groups (broad SMARTS) is 1. The minimum Gasteiger partial charge on any atom is -0.489 e. The maximum absolute atomic E-state index is 12.5. The standard InChI is InChI=1S/C25H33NO5/c1-16-13-20(30-15-19-11-9-8-10-12-19)14-17(2)21(16)18(3)22(23(27)28)26(7)24(29)31-25(4,5)6/h8-14,18,22H,15H2,1-7H3,(H,27,28)/t18-,22?/m0/s1. The van der Waals surface area contributed by atoms with E-state index in [2.05, 4.69) is 0 Å². The maximum Gasteiger partial charge on any atom is 0.410 e. The average Bonchev–Trinajstić information content (AvgIpc) is 2.65. The van der Waals surface area contributed by atoms with Crippen molar-refractivity contribution >= 4 is 12.1 Å². The van der Waals surface area contributed by atoms with Crippen molar-refractivity contribution in [1.29, 1.82) is 0 Å². The Kier molecular flexibility index (Phi) is 7.71. The van der Waals surface area contributed by atoms with Crippen molar-refractivity contribution in [3.63, 3.8) is 0 Å². The van der Waals surface area contributed by atoms with Gasteiger partial charge >= 0.3 is 12.1 Å². The number of amides is 1. The molecule has 1 amide bonds. The van der Waals surface area contributed by atoms with Gasteiger partial charge in [-0.05, 0) is 69.0 Å². The van der Waals surface area contributed by atoms with Gasteiger partial charge in [-0.15, -0.1) is 0 Å². The molecular formula is C25H33NO5. The zero-order valence-corrected chi connectivity index (χ0v) is 19.4. The first-order chi connectivity index (χ1) is 14.4. The Morgan fingerprint density at radius 3 is 2.10 bits per heavy atom. The molecule has 1 unspecified atom stereocenters. The summed E-state index contributed by atoms with van der Waals surface area (Å²) in [4.78, 5) is 25.8. The van der Waals surface area contributed by atoms with Gasteiger partial charge in [0.05, 0.1) is 0 Å². The predicted octanol–water partition coefficient (Wildman–Crippen LogP) is 5.31. The molecule has 0 aromatic heterocycles. The third kappa shape index (κ3) is 6.48. The molecule has 2 aromatic rings. The van der Waals surface area contributed by atoms with Crippen molar-refractivity contribution in [3.05, 3.63) is 64.7 Å². The monoisotopic (exact) mass is 427 g/mol. The number of likely N-dealkylation sites (N-methyl/N-ethyl adjacent to an activating group) is 1. The third-order valence-electron chi connectivity index (χ3n) is 5.10. The van der Waals surface area contributed by atoms with E-state index in [0.29, 0.717) is 6.61 Å². The van der Waals surface area contributed by atoms with Crippen molar-refractivity contribution in [2.45, 2.75) is 65.7 Å². The lowest BCUT2D eigenvalue weighted by atomic mass is 9.86. The second kappa shape index (κ2) is 9.86. The van der Waals surface area contributed by atoms with Crippen molar-refractivity contribution in [2.24, 2.45) is 0 Å². The minimum atomic E-state index is -1.08. The Balaban J connectivity index is 2.26. The molecule has 0 aliphatic carbocycles. The molecule has 0 saturated carbocycles. The highest BCUT2D eigenvalue weighted by Crippen LogP contribution is 2.32. The van der Waals surface area contributed by atoms with Crippen LogP contribution in [0.5, 0.6) is 5.75 Å². The van der Waals surface area contributed by atoms with E-state index in [4.69, 9.17) is 9.47 Å². The van der Waals surface area contributed by atoms with Gasteiger partial charge in [-0.2, -0.15) is 0 Å². The molecule has 0 aliphatic rings. The number of ether oxygens (including phenoxy) is 2. The normalized spacial score (nSPS) is 13.3. The van der Waals surface area contributed by atoms with E-state index >= 15 is 0 Å². The number of carboxylic acids is 1.